The summed E-state index contributed by atoms with van der Waals surface area (Å²) in [7, 11) is 5.15. The van der Waals surface area contributed by atoms with Crippen LogP contribution < -0.4 is 15.4 Å². The van der Waals surface area contributed by atoms with E-state index in [-0.39, 0.29) is 0 Å². The minimum atomic E-state index is 0.650. The average Bonchev–Trinajstić information content (AvgIpc) is 2.60. The molecule has 0 heterocycles. The monoisotopic (exact) mass is 337 g/mol. The molecule has 2 N–H and O–H groups in total. The number of nitrogens with one attached hydrogen (secondary N) is 2. The van der Waals surface area contributed by atoms with E-state index >= 15 is 0 Å². The van der Waals surface area contributed by atoms with E-state index in [2.05, 4.69) is 34.7 Å². The van der Waals surface area contributed by atoms with Crippen LogP contribution in [0.5, 0.6) is 5.75 Å². The maximum atomic E-state index is 5.44. The molecule has 6 heteroatoms. The van der Waals surface area contributed by atoms with Crippen molar-refractivity contribution in [1.82, 2.24) is 10.6 Å². The number of hydrogen-bond acceptors (Lipinski definition) is 4. The van der Waals surface area contributed by atoms with Crippen LogP contribution in [0.15, 0.2) is 23.2 Å². The Kier molecular flexibility index (Phi) is 10.6. The lowest BCUT2D eigenvalue weighted by atomic mass is 10.1. The first-order valence-corrected chi connectivity index (χ1v) is 8.36. The molecule has 1 rings (SSSR count). The Bertz CT molecular complexity index is 492. The Morgan fingerprint density at radius 2 is 1.92 bits per heavy atom. The minimum absolute atomic E-state index is 0.650. The van der Waals surface area contributed by atoms with Crippen molar-refractivity contribution in [1.29, 1.82) is 0 Å². The molecule has 136 valence electrons. The third-order valence-corrected chi connectivity index (χ3v) is 3.55. The highest BCUT2D eigenvalue weighted by Gasteiger charge is 2.04. The molecule has 6 nitrogen and oxygen atoms in total. The van der Waals surface area contributed by atoms with Gasteiger partial charge in [0, 0.05) is 39.4 Å². The summed E-state index contributed by atoms with van der Waals surface area (Å²) < 4.78 is 15.8. The third-order valence-electron chi connectivity index (χ3n) is 3.55. The van der Waals surface area contributed by atoms with Gasteiger partial charge >= 0.3 is 0 Å². The van der Waals surface area contributed by atoms with Crippen LogP contribution in [0, 0.1) is 6.92 Å². The molecule has 0 saturated carbocycles. The van der Waals surface area contributed by atoms with E-state index in [0.29, 0.717) is 19.8 Å². The van der Waals surface area contributed by atoms with E-state index in [1.54, 1.807) is 21.3 Å². The Hall–Kier alpha value is -1.79. The molecule has 0 aliphatic rings. The smallest absolute Gasteiger partial charge is 0.191 e. The van der Waals surface area contributed by atoms with Crippen LogP contribution in [-0.4, -0.2) is 53.6 Å². The van der Waals surface area contributed by atoms with Crippen molar-refractivity contribution in [2.45, 2.75) is 26.3 Å². The highest BCUT2D eigenvalue weighted by atomic mass is 16.5. The lowest BCUT2D eigenvalue weighted by Gasteiger charge is -2.14. The highest BCUT2D eigenvalue weighted by Crippen LogP contribution is 2.19. The first-order valence-electron chi connectivity index (χ1n) is 8.36. The van der Waals surface area contributed by atoms with Gasteiger partial charge in [-0.1, -0.05) is 12.1 Å². The summed E-state index contributed by atoms with van der Waals surface area (Å²) in [6.07, 6.45) is 2.04. The summed E-state index contributed by atoms with van der Waals surface area (Å²) in [4.78, 5) is 4.24. The van der Waals surface area contributed by atoms with Crippen LogP contribution in [0.25, 0.3) is 0 Å². The topological polar surface area (TPSA) is 64.1 Å². The fourth-order valence-electron chi connectivity index (χ4n) is 2.18. The van der Waals surface area contributed by atoms with Crippen LogP contribution in [0.1, 0.15) is 24.0 Å². The molecule has 0 aliphatic carbocycles. The van der Waals surface area contributed by atoms with Crippen molar-refractivity contribution in [3.63, 3.8) is 0 Å². The zero-order valence-electron chi connectivity index (χ0n) is 15.4. The quantitative estimate of drug-likeness (QED) is 0.368. The average molecular weight is 337 g/mol. The molecule has 0 atom stereocenters. The van der Waals surface area contributed by atoms with E-state index in [1.165, 1.54) is 5.56 Å². The minimum Gasteiger partial charge on any atom is -0.496 e. The Labute approximate surface area is 145 Å². The Morgan fingerprint density at radius 1 is 1.08 bits per heavy atom. The summed E-state index contributed by atoms with van der Waals surface area (Å²) in [5.74, 6) is 1.68. The van der Waals surface area contributed by atoms with Crippen LogP contribution in [0.3, 0.4) is 0 Å². The molecule has 0 amide bonds. The van der Waals surface area contributed by atoms with Crippen LogP contribution >= 0.6 is 0 Å². The highest BCUT2D eigenvalue weighted by molar-refractivity contribution is 5.79. The van der Waals surface area contributed by atoms with E-state index < -0.39 is 0 Å². The van der Waals surface area contributed by atoms with Gasteiger partial charge in [-0.15, -0.1) is 0 Å². The Morgan fingerprint density at radius 3 is 2.62 bits per heavy atom. The summed E-state index contributed by atoms with van der Waals surface area (Å²) in [5.41, 5.74) is 2.29. The number of nitrogens with zero attached hydrogens (tertiary/aromatic N) is 1. The fraction of sp³-hybridized carbons (Fsp3) is 0.611. The molecule has 0 aromatic heterocycles. The lowest BCUT2D eigenvalue weighted by molar-refractivity contribution is 0.0689. The molecule has 0 spiro atoms. The van der Waals surface area contributed by atoms with Gasteiger partial charge in [0.2, 0.25) is 0 Å². The molecule has 0 unspecified atom stereocenters. The van der Waals surface area contributed by atoms with Crippen molar-refractivity contribution < 1.29 is 14.2 Å². The summed E-state index contributed by atoms with van der Waals surface area (Å²) in [5, 5.41) is 6.62. The van der Waals surface area contributed by atoms with Gasteiger partial charge in [0.25, 0.3) is 0 Å². The van der Waals surface area contributed by atoms with Gasteiger partial charge in [0.1, 0.15) is 5.75 Å². The number of guanidine groups is 1. The molecule has 1 aromatic carbocycles. The molecule has 1 aromatic rings. The lowest BCUT2D eigenvalue weighted by Crippen LogP contribution is -2.37. The molecule has 24 heavy (non-hydrogen) atoms. The van der Waals surface area contributed by atoms with E-state index in [4.69, 9.17) is 14.2 Å². The number of methoxy groups -OCH3 is 2. The van der Waals surface area contributed by atoms with Crippen LogP contribution in [0.2, 0.25) is 0 Å². The first-order chi connectivity index (χ1) is 11.7. The molecule has 0 fully saturated rings. The van der Waals surface area contributed by atoms with Crippen molar-refractivity contribution in [3.05, 3.63) is 29.3 Å². The second-order valence-corrected chi connectivity index (χ2v) is 5.48. The second-order valence-electron chi connectivity index (χ2n) is 5.48. The fourth-order valence-corrected chi connectivity index (χ4v) is 2.18. The maximum Gasteiger partial charge on any atom is 0.191 e. The van der Waals surface area contributed by atoms with E-state index in [9.17, 15) is 0 Å². The van der Waals surface area contributed by atoms with Gasteiger partial charge in [0.05, 0.1) is 20.3 Å². The normalized spacial score (nSPS) is 11.4. The summed E-state index contributed by atoms with van der Waals surface area (Å²) >= 11 is 0. The second kappa shape index (κ2) is 12.6. The van der Waals surface area contributed by atoms with Crippen molar-refractivity contribution >= 4 is 5.96 Å². The molecule has 0 radical (unpaired) electrons. The number of aliphatic imine (C=N–C) groups is 1. The summed E-state index contributed by atoms with van der Waals surface area (Å²) in [6, 6.07) is 6.20. The summed E-state index contributed by atoms with van der Waals surface area (Å²) in [6.45, 7) is 5.65. The number of hydrogen-bond donors (Lipinski definition) is 2. The largest absolute Gasteiger partial charge is 0.496 e. The van der Waals surface area contributed by atoms with Gasteiger partial charge in [-0.2, -0.15) is 0 Å². The third kappa shape index (κ3) is 8.17. The number of ether oxygens (including phenoxy) is 3. The molecule has 0 saturated heterocycles. The zero-order chi connectivity index (χ0) is 17.6. The van der Waals surface area contributed by atoms with Gasteiger partial charge in [0.15, 0.2) is 5.96 Å². The number of unbranched alkanes of at least 4 members (excludes halogenated alkanes) is 1. The number of rotatable bonds is 11. The number of benzene rings is 1. The van der Waals surface area contributed by atoms with Gasteiger partial charge in [-0.25, -0.2) is 0 Å². The van der Waals surface area contributed by atoms with Crippen molar-refractivity contribution in [3.8, 4) is 5.75 Å². The van der Waals surface area contributed by atoms with Gasteiger partial charge in [-0.3, -0.25) is 4.99 Å². The first kappa shape index (κ1) is 20.3. The molecular weight excluding hydrogens is 306 g/mol. The van der Waals surface area contributed by atoms with E-state index in [1.807, 2.05) is 6.07 Å². The Balaban J connectivity index is 2.24. The predicted molar refractivity (Wildman–Crippen MR) is 97.9 cm³/mol. The predicted octanol–water partition coefficient (Wildman–Crippen LogP) is 2.11. The SMILES string of the molecule is CN=C(NCCCCOCCOC)NCc1ccc(C)cc1OC. The molecular formula is C18H31N3O3. The molecule has 0 aliphatic heterocycles. The van der Waals surface area contributed by atoms with Gasteiger partial charge in [-0.05, 0) is 31.4 Å². The maximum absolute atomic E-state index is 5.44. The number of aryl methyl sites for hydroxylation is 1. The van der Waals surface area contributed by atoms with Crippen molar-refractivity contribution in [2.75, 3.05) is 47.6 Å². The van der Waals surface area contributed by atoms with E-state index in [0.717, 1.165) is 43.3 Å². The van der Waals surface area contributed by atoms with Crippen molar-refractivity contribution in [2.24, 2.45) is 4.99 Å². The zero-order valence-corrected chi connectivity index (χ0v) is 15.4. The van der Waals surface area contributed by atoms with Crippen LogP contribution in [0.4, 0.5) is 0 Å². The molecule has 0 bridgehead atoms. The van der Waals surface area contributed by atoms with Crippen LogP contribution in [-0.2, 0) is 16.0 Å². The standard InChI is InChI=1S/C18H31N3O3/c1-15-7-8-16(17(13-15)23-4)14-21-18(19-2)20-9-5-6-10-24-12-11-22-3/h7-8,13H,5-6,9-12,14H2,1-4H3,(H2,19,20,21). The van der Waals surface area contributed by atoms with Gasteiger partial charge < -0.3 is 24.8 Å².